The molecule has 1 heterocycles. The van der Waals surface area contributed by atoms with Gasteiger partial charge in [-0.1, -0.05) is 5.16 Å². The number of anilines is 1. The minimum atomic E-state index is -0.539. The van der Waals surface area contributed by atoms with Crippen molar-refractivity contribution >= 4 is 17.1 Å². The fourth-order valence-electron chi connectivity index (χ4n) is 1.53. The van der Waals surface area contributed by atoms with Gasteiger partial charge in [0, 0.05) is 35.8 Å². The van der Waals surface area contributed by atoms with Crippen molar-refractivity contribution in [1.82, 2.24) is 4.98 Å². The zero-order valence-corrected chi connectivity index (χ0v) is 10.7. The molecule has 2 N–H and O–H groups in total. The molecular formula is C13H12N4O3. The van der Waals surface area contributed by atoms with E-state index in [-0.39, 0.29) is 17.1 Å². The van der Waals surface area contributed by atoms with Crippen LogP contribution in [-0.2, 0) is 0 Å². The molecule has 0 aliphatic carbocycles. The quantitative estimate of drug-likeness (QED) is 0.398. The van der Waals surface area contributed by atoms with E-state index in [0.717, 1.165) is 5.56 Å². The SMILES string of the molecule is CC(=NOc1cc(N)cc([N+](=O)[O-])c1)c1ccncc1. The van der Waals surface area contributed by atoms with E-state index in [4.69, 9.17) is 10.6 Å². The van der Waals surface area contributed by atoms with Gasteiger partial charge in [-0.2, -0.15) is 0 Å². The highest BCUT2D eigenvalue weighted by Crippen LogP contribution is 2.24. The molecule has 1 aromatic heterocycles. The molecule has 7 heteroatoms. The normalized spacial score (nSPS) is 11.2. The van der Waals surface area contributed by atoms with E-state index in [0.29, 0.717) is 5.71 Å². The van der Waals surface area contributed by atoms with Gasteiger partial charge in [0.05, 0.1) is 16.7 Å². The van der Waals surface area contributed by atoms with Crippen molar-refractivity contribution < 1.29 is 9.76 Å². The second kappa shape index (κ2) is 5.79. The summed E-state index contributed by atoms with van der Waals surface area (Å²) >= 11 is 0. The zero-order chi connectivity index (χ0) is 14.5. The molecule has 0 radical (unpaired) electrons. The molecule has 0 spiro atoms. The Kier molecular flexibility index (Phi) is 3.90. The topological polar surface area (TPSA) is 104 Å². The number of nitrogens with zero attached hydrogens (tertiary/aromatic N) is 3. The lowest BCUT2D eigenvalue weighted by molar-refractivity contribution is -0.384. The summed E-state index contributed by atoms with van der Waals surface area (Å²) in [4.78, 5) is 19.3. The predicted octanol–water partition coefficient (Wildman–Crippen LogP) is 2.38. The maximum absolute atomic E-state index is 10.7. The number of nitrogens with two attached hydrogens (primary N) is 1. The van der Waals surface area contributed by atoms with Crippen LogP contribution in [0, 0.1) is 10.1 Å². The van der Waals surface area contributed by atoms with Crippen LogP contribution in [0.2, 0.25) is 0 Å². The number of non-ortho nitro benzene ring substituents is 1. The molecule has 7 nitrogen and oxygen atoms in total. The average Bonchev–Trinajstić information content (AvgIpc) is 2.45. The van der Waals surface area contributed by atoms with Gasteiger partial charge in [-0.25, -0.2) is 0 Å². The minimum absolute atomic E-state index is 0.142. The van der Waals surface area contributed by atoms with Gasteiger partial charge in [0.15, 0.2) is 5.75 Å². The fraction of sp³-hybridized carbons (Fsp3) is 0.0769. The molecule has 2 rings (SSSR count). The Bertz CT molecular complexity index is 656. The van der Waals surface area contributed by atoms with Crippen LogP contribution in [-0.4, -0.2) is 15.6 Å². The number of hydrogen-bond acceptors (Lipinski definition) is 6. The molecule has 0 amide bonds. The summed E-state index contributed by atoms with van der Waals surface area (Å²) < 4.78 is 0. The summed E-state index contributed by atoms with van der Waals surface area (Å²) in [6.07, 6.45) is 3.28. The molecule has 0 saturated heterocycles. The molecule has 1 aromatic carbocycles. The van der Waals surface area contributed by atoms with Gasteiger partial charge in [0.25, 0.3) is 5.69 Å². The van der Waals surface area contributed by atoms with Crippen LogP contribution in [0.25, 0.3) is 0 Å². The van der Waals surface area contributed by atoms with Crippen molar-refractivity contribution in [3.05, 3.63) is 58.4 Å². The first-order valence-corrected chi connectivity index (χ1v) is 5.73. The zero-order valence-electron chi connectivity index (χ0n) is 10.7. The predicted molar refractivity (Wildman–Crippen MR) is 74.6 cm³/mol. The Morgan fingerprint density at radius 2 is 2.05 bits per heavy atom. The van der Waals surface area contributed by atoms with Crippen molar-refractivity contribution in [2.24, 2.45) is 5.16 Å². The molecule has 0 aliphatic rings. The van der Waals surface area contributed by atoms with E-state index in [1.165, 1.54) is 18.2 Å². The molecular weight excluding hydrogens is 260 g/mol. The maximum Gasteiger partial charge on any atom is 0.275 e. The number of hydrogen-bond donors (Lipinski definition) is 1. The molecule has 20 heavy (non-hydrogen) atoms. The number of rotatable bonds is 4. The van der Waals surface area contributed by atoms with Gasteiger partial charge in [-0.3, -0.25) is 15.1 Å². The van der Waals surface area contributed by atoms with E-state index < -0.39 is 4.92 Å². The minimum Gasteiger partial charge on any atom is -0.398 e. The third-order valence-electron chi connectivity index (χ3n) is 2.51. The van der Waals surface area contributed by atoms with Crippen LogP contribution in [0.15, 0.2) is 47.9 Å². The van der Waals surface area contributed by atoms with Crippen LogP contribution in [0.3, 0.4) is 0 Å². The number of pyridine rings is 1. The summed E-state index contributed by atoms with van der Waals surface area (Å²) in [7, 11) is 0. The molecule has 2 aromatic rings. The first kappa shape index (κ1) is 13.5. The third-order valence-corrected chi connectivity index (χ3v) is 2.51. The van der Waals surface area contributed by atoms with Gasteiger partial charge in [-0.05, 0) is 19.1 Å². The highest BCUT2D eigenvalue weighted by atomic mass is 16.6. The molecule has 0 saturated carbocycles. The van der Waals surface area contributed by atoms with Crippen LogP contribution >= 0.6 is 0 Å². The second-order valence-electron chi connectivity index (χ2n) is 4.02. The molecule has 0 bridgehead atoms. The number of nitrogen functional groups attached to an aromatic ring is 1. The molecule has 0 unspecified atom stereocenters. The van der Waals surface area contributed by atoms with Gasteiger partial charge in [0.2, 0.25) is 0 Å². The summed E-state index contributed by atoms with van der Waals surface area (Å²) in [6.45, 7) is 1.76. The Balaban J connectivity index is 2.20. The Hall–Kier alpha value is -2.96. The van der Waals surface area contributed by atoms with Crippen molar-refractivity contribution in [3.8, 4) is 5.75 Å². The smallest absolute Gasteiger partial charge is 0.275 e. The lowest BCUT2D eigenvalue weighted by Gasteiger charge is -2.03. The highest BCUT2D eigenvalue weighted by molar-refractivity contribution is 5.98. The second-order valence-corrected chi connectivity index (χ2v) is 4.02. The summed E-state index contributed by atoms with van der Waals surface area (Å²) in [5.41, 5.74) is 7.14. The van der Waals surface area contributed by atoms with Gasteiger partial charge >= 0.3 is 0 Å². The van der Waals surface area contributed by atoms with E-state index in [1.807, 2.05) is 0 Å². The number of benzene rings is 1. The van der Waals surface area contributed by atoms with E-state index in [9.17, 15) is 10.1 Å². The maximum atomic E-state index is 10.7. The van der Waals surface area contributed by atoms with Crippen LogP contribution in [0.5, 0.6) is 5.75 Å². The lowest BCUT2D eigenvalue weighted by atomic mass is 10.2. The molecule has 0 atom stereocenters. The van der Waals surface area contributed by atoms with Gasteiger partial charge in [-0.15, -0.1) is 0 Å². The number of nitro benzene ring substituents is 1. The van der Waals surface area contributed by atoms with E-state index >= 15 is 0 Å². The van der Waals surface area contributed by atoms with Crippen LogP contribution in [0.4, 0.5) is 11.4 Å². The van der Waals surface area contributed by atoms with Crippen molar-refractivity contribution in [3.63, 3.8) is 0 Å². The highest BCUT2D eigenvalue weighted by Gasteiger charge is 2.09. The number of oxime groups is 1. The number of nitro groups is 1. The summed E-state index contributed by atoms with van der Waals surface area (Å²) in [5, 5.41) is 14.6. The first-order chi connectivity index (χ1) is 9.56. The first-order valence-electron chi connectivity index (χ1n) is 5.73. The molecule has 0 fully saturated rings. The van der Waals surface area contributed by atoms with Crippen molar-refractivity contribution in [2.45, 2.75) is 6.92 Å². The number of aromatic nitrogens is 1. The third kappa shape index (κ3) is 3.29. The summed E-state index contributed by atoms with van der Waals surface area (Å²) in [6, 6.07) is 7.55. The monoisotopic (exact) mass is 272 g/mol. The van der Waals surface area contributed by atoms with Gasteiger partial charge < -0.3 is 10.6 Å². The molecule has 102 valence electrons. The van der Waals surface area contributed by atoms with Gasteiger partial charge in [0.1, 0.15) is 0 Å². The van der Waals surface area contributed by atoms with Crippen LogP contribution < -0.4 is 10.6 Å². The van der Waals surface area contributed by atoms with Crippen molar-refractivity contribution in [2.75, 3.05) is 5.73 Å². The fourth-order valence-corrected chi connectivity index (χ4v) is 1.53. The van der Waals surface area contributed by atoms with E-state index in [1.54, 1.807) is 31.5 Å². The summed E-state index contributed by atoms with van der Waals surface area (Å²) in [5.74, 6) is 0.213. The lowest BCUT2D eigenvalue weighted by Crippen LogP contribution is -1.99. The van der Waals surface area contributed by atoms with E-state index in [2.05, 4.69) is 10.1 Å². The van der Waals surface area contributed by atoms with Crippen LogP contribution in [0.1, 0.15) is 12.5 Å². The Morgan fingerprint density at radius 1 is 1.35 bits per heavy atom. The Labute approximate surface area is 114 Å². The standard InChI is InChI=1S/C13H12N4O3/c1-9(10-2-4-15-5-3-10)16-20-13-7-11(14)6-12(8-13)17(18)19/h2-8H,14H2,1H3. The molecule has 0 aliphatic heterocycles. The average molecular weight is 272 g/mol. The Morgan fingerprint density at radius 3 is 2.70 bits per heavy atom. The largest absolute Gasteiger partial charge is 0.398 e. The van der Waals surface area contributed by atoms with Crippen molar-refractivity contribution in [1.29, 1.82) is 0 Å².